The fraction of sp³-hybridized carbons (Fsp3) is 0.381. The first-order valence-electron chi connectivity index (χ1n) is 9.64. The maximum atomic E-state index is 12.7. The van der Waals surface area contributed by atoms with Crippen LogP contribution < -0.4 is 10.9 Å². The highest BCUT2D eigenvalue weighted by Gasteiger charge is 2.11. The number of carbonyl (C=O) groups excluding carboxylic acids is 1. The number of rotatable bonds is 5. The van der Waals surface area contributed by atoms with Crippen molar-refractivity contribution in [2.45, 2.75) is 25.7 Å². The van der Waals surface area contributed by atoms with Gasteiger partial charge in [-0.1, -0.05) is 18.6 Å². The van der Waals surface area contributed by atoms with Gasteiger partial charge in [-0.05, 0) is 63.2 Å². The molecule has 140 valence electrons. The third kappa shape index (κ3) is 3.85. The van der Waals surface area contributed by atoms with Crippen molar-refractivity contribution in [3.05, 3.63) is 58.5 Å². The number of hydrogen-bond donors (Lipinski definition) is 1. The van der Waals surface area contributed by atoms with Crippen LogP contribution in [0.3, 0.4) is 0 Å². The second-order valence-electron chi connectivity index (χ2n) is 7.09. The van der Waals surface area contributed by atoms with E-state index in [1.165, 1.54) is 36.8 Å². The lowest BCUT2D eigenvalue weighted by atomic mass is 10.1. The van der Waals surface area contributed by atoms with Gasteiger partial charge in [-0.3, -0.25) is 14.0 Å². The van der Waals surface area contributed by atoms with Crippen LogP contribution in [0.1, 0.15) is 36.0 Å². The molecule has 0 aliphatic carbocycles. The Bertz CT molecular complexity index is 1020. The van der Waals surface area contributed by atoms with Crippen molar-refractivity contribution in [3.63, 3.8) is 0 Å². The summed E-state index contributed by atoms with van der Waals surface area (Å²) in [5.41, 5.74) is 1.52. The van der Waals surface area contributed by atoms with E-state index in [1.807, 2.05) is 18.2 Å². The van der Waals surface area contributed by atoms with E-state index < -0.39 is 0 Å². The molecule has 6 nitrogen and oxygen atoms in total. The normalized spacial score (nSPS) is 15.3. The van der Waals surface area contributed by atoms with Gasteiger partial charge in [0.05, 0.1) is 16.5 Å². The molecule has 1 aliphatic rings. The third-order valence-electron chi connectivity index (χ3n) is 5.16. The van der Waals surface area contributed by atoms with Gasteiger partial charge in [0.1, 0.15) is 5.65 Å². The van der Waals surface area contributed by atoms with Crippen LogP contribution in [0.5, 0.6) is 0 Å². The number of aromatic nitrogens is 2. The quantitative estimate of drug-likeness (QED) is 0.558. The van der Waals surface area contributed by atoms with E-state index in [0.717, 1.165) is 13.0 Å². The Morgan fingerprint density at radius 1 is 1.07 bits per heavy atom. The van der Waals surface area contributed by atoms with E-state index >= 15 is 0 Å². The number of benzene rings is 1. The zero-order chi connectivity index (χ0) is 18.6. The molecule has 0 atom stereocenters. The Hall–Kier alpha value is -2.73. The first-order chi connectivity index (χ1) is 13.2. The largest absolute Gasteiger partial charge is 0.352 e. The predicted molar refractivity (Wildman–Crippen MR) is 106 cm³/mol. The van der Waals surface area contributed by atoms with E-state index in [0.29, 0.717) is 28.7 Å². The summed E-state index contributed by atoms with van der Waals surface area (Å²) in [5.74, 6) is -0.157. The number of amides is 1. The minimum absolute atomic E-state index is 0.157. The van der Waals surface area contributed by atoms with Gasteiger partial charge < -0.3 is 10.2 Å². The molecule has 4 rings (SSSR count). The summed E-state index contributed by atoms with van der Waals surface area (Å²) in [6.07, 6.45) is 6.41. The number of para-hydroxylation sites is 1. The second kappa shape index (κ2) is 7.88. The molecule has 1 aromatic carbocycles. The molecular weight excluding hydrogens is 340 g/mol. The van der Waals surface area contributed by atoms with Gasteiger partial charge >= 0.3 is 0 Å². The Balaban J connectivity index is 1.45. The van der Waals surface area contributed by atoms with Gasteiger partial charge in [-0.2, -0.15) is 0 Å². The van der Waals surface area contributed by atoms with Crippen molar-refractivity contribution in [3.8, 4) is 0 Å². The fourth-order valence-electron chi connectivity index (χ4n) is 3.68. The second-order valence-corrected chi connectivity index (χ2v) is 7.09. The van der Waals surface area contributed by atoms with Crippen molar-refractivity contribution in [2.75, 3.05) is 26.2 Å². The van der Waals surface area contributed by atoms with Crippen LogP contribution >= 0.6 is 0 Å². The number of nitrogens with one attached hydrogen (secondary N) is 1. The lowest BCUT2D eigenvalue weighted by Crippen LogP contribution is -2.33. The summed E-state index contributed by atoms with van der Waals surface area (Å²) in [4.78, 5) is 32.1. The predicted octanol–water partition coefficient (Wildman–Crippen LogP) is 2.45. The molecule has 0 bridgehead atoms. The molecule has 1 N–H and O–H groups in total. The van der Waals surface area contributed by atoms with Crippen molar-refractivity contribution in [1.29, 1.82) is 0 Å². The zero-order valence-corrected chi connectivity index (χ0v) is 15.4. The molecule has 1 aliphatic heterocycles. The highest BCUT2D eigenvalue weighted by Crippen LogP contribution is 2.10. The van der Waals surface area contributed by atoms with Gasteiger partial charge in [0.2, 0.25) is 0 Å². The lowest BCUT2D eigenvalue weighted by Gasteiger charge is -2.26. The SMILES string of the molecule is O=C(NCCCN1CCCCC1)c1ccc2nc3ccccc3c(=O)n2c1. The smallest absolute Gasteiger partial charge is 0.265 e. The summed E-state index contributed by atoms with van der Waals surface area (Å²) < 4.78 is 1.45. The highest BCUT2D eigenvalue weighted by molar-refractivity contribution is 5.94. The molecule has 27 heavy (non-hydrogen) atoms. The summed E-state index contributed by atoms with van der Waals surface area (Å²) in [6.45, 7) is 4.00. The van der Waals surface area contributed by atoms with Crippen LogP contribution in [0.15, 0.2) is 47.4 Å². The molecule has 0 unspecified atom stereocenters. The molecule has 1 amide bonds. The van der Waals surface area contributed by atoms with E-state index in [2.05, 4.69) is 15.2 Å². The molecule has 3 heterocycles. The number of hydrogen-bond acceptors (Lipinski definition) is 4. The molecule has 0 radical (unpaired) electrons. The first kappa shape index (κ1) is 17.7. The first-order valence-corrected chi connectivity index (χ1v) is 9.64. The van der Waals surface area contributed by atoms with Crippen molar-refractivity contribution in [1.82, 2.24) is 19.6 Å². The average molecular weight is 364 g/mol. The summed E-state index contributed by atoms with van der Waals surface area (Å²) in [5, 5.41) is 3.51. The van der Waals surface area contributed by atoms with Gasteiger partial charge in [0.25, 0.3) is 11.5 Å². The maximum Gasteiger partial charge on any atom is 0.265 e. The third-order valence-corrected chi connectivity index (χ3v) is 5.16. The van der Waals surface area contributed by atoms with Crippen LogP contribution in [-0.2, 0) is 0 Å². The Morgan fingerprint density at radius 3 is 2.74 bits per heavy atom. The molecule has 0 spiro atoms. The molecule has 1 saturated heterocycles. The molecule has 2 aromatic heterocycles. The van der Waals surface area contributed by atoms with E-state index in [1.54, 1.807) is 24.4 Å². The fourth-order valence-corrected chi connectivity index (χ4v) is 3.68. The highest BCUT2D eigenvalue weighted by atomic mass is 16.1. The Morgan fingerprint density at radius 2 is 1.89 bits per heavy atom. The molecule has 1 fully saturated rings. The molecule has 6 heteroatoms. The summed E-state index contributed by atoms with van der Waals surface area (Å²) in [7, 11) is 0. The summed E-state index contributed by atoms with van der Waals surface area (Å²) >= 11 is 0. The van der Waals surface area contributed by atoms with Crippen molar-refractivity contribution >= 4 is 22.5 Å². The maximum absolute atomic E-state index is 12.7. The van der Waals surface area contributed by atoms with E-state index in [9.17, 15) is 9.59 Å². The van der Waals surface area contributed by atoms with Gasteiger partial charge in [-0.15, -0.1) is 0 Å². The van der Waals surface area contributed by atoms with Gasteiger partial charge in [-0.25, -0.2) is 4.98 Å². The number of pyridine rings is 1. The van der Waals surface area contributed by atoms with E-state index in [4.69, 9.17) is 0 Å². The van der Waals surface area contributed by atoms with Gasteiger partial charge in [0, 0.05) is 12.7 Å². The zero-order valence-electron chi connectivity index (χ0n) is 15.4. The summed E-state index contributed by atoms with van der Waals surface area (Å²) in [6, 6.07) is 10.7. The average Bonchev–Trinajstić information content (AvgIpc) is 2.72. The lowest BCUT2D eigenvalue weighted by molar-refractivity contribution is 0.0950. The monoisotopic (exact) mass is 364 g/mol. The van der Waals surface area contributed by atoms with Crippen LogP contribution in [0, 0.1) is 0 Å². The van der Waals surface area contributed by atoms with Gasteiger partial charge in [0.15, 0.2) is 0 Å². The van der Waals surface area contributed by atoms with Crippen LogP contribution in [0.25, 0.3) is 16.6 Å². The minimum Gasteiger partial charge on any atom is -0.352 e. The van der Waals surface area contributed by atoms with Crippen LogP contribution in [0.4, 0.5) is 0 Å². The van der Waals surface area contributed by atoms with Crippen LogP contribution in [-0.4, -0.2) is 46.4 Å². The van der Waals surface area contributed by atoms with Crippen molar-refractivity contribution < 1.29 is 4.79 Å². The molecule has 0 saturated carbocycles. The van der Waals surface area contributed by atoms with E-state index in [-0.39, 0.29) is 11.5 Å². The molecule has 3 aromatic rings. The number of likely N-dealkylation sites (tertiary alicyclic amines) is 1. The number of fused-ring (bicyclic) bond motifs is 2. The minimum atomic E-state index is -0.157. The number of piperidine rings is 1. The number of carbonyl (C=O) groups is 1. The van der Waals surface area contributed by atoms with Crippen LogP contribution in [0.2, 0.25) is 0 Å². The Kier molecular flexibility index (Phi) is 5.16. The standard InChI is InChI=1S/C21H24N4O2/c26-20(22-11-6-14-24-12-4-1-5-13-24)16-9-10-19-23-18-8-3-2-7-17(18)21(27)25(19)15-16/h2-3,7-10,15H,1,4-6,11-14H2,(H,22,26). The Labute approximate surface area is 157 Å². The number of nitrogens with zero attached hydrogens (tertiary/aromatic N) is 3. The topological polar surface area (TPSA) is 66.7 Å². The molecular formula is C21H24N4O2. The van der Waals surface area contributed by atoms with Crippen molar-refractivity contribution in [2.24, 2.45) is 0 Å².